The summed E-state index contributed by atoms with van der Waals surface area (Å²) in [5.41, 5.74) is 1.28. The molecule has 3 rings (SSSR count). The van der Waals surface area contributed by atoms with Crippen molar-refractivity contribution in [3.63, 3.8) is 0 Å². The van der Waals surface area contributed by atoms with E-state index in [1.165, 1.54) is 24.5 Å². The summed E-state index contributed by atoms with van der Waals surface area (Å²) < 4.78 is 13.1. The van der Waals surface area contributed by atoms with Crippen LogP contribution in [0.5, 0.6) is 0 Å². The van der Waals surface area contributed by atoms with E-state index in [1.807, 2.05) is 0 Å². The first-order valence-corrected chi connectivity index (χ1v) is 7.28. The van der Waals surface area contributed by atoms with Gasteiger partial charge in [-0.3, -0.25) is 14.6 Å². The van der Waals surface area contributed by atoms with Gasteiger partial charge in [0.15, 0.2) is 0 Å². The van der Waals surface area contributed by atoms with Crippen molar-refractivity contribution in [1.29, 1.82) is 0 Å². The molecule has 0 saturated carbocycles. The number of nitrogens with one attached hydrogen (secondary N) is 1. The molecule has 23 heavy (non-hydrogen) atoms. The van der Waals surface area contributed by atoms with Crippen molar-refractivity contribution >= 4 is 11.8 Å². The van der Waals surface area contributed by atoms with E-state index in [-0.39, 0.29) is 36.1 Å². The molecule has 1 fully saturated rings. The topological polar surface area (TPSA) is 62.3 Å². The Morgan fingerprint density at radius 3 is 2.52 bits per heavy atom. The molecule has 2 aromatic rings. The van der Waals surface area contributed by atoms with Crippen molar-refractivity contribution in [3.8, 4) is 0 Å². The van der Waals surface area contributed by atoms with E-state index in [0.717, 1.165) is 5.56 Å². The summed E-state index contributed by atoms with van der Waals surface area (Å²) in [7, 11) is 1.69. The van der Waals surface area contributed by atoms with E-state index in [9.17, 15) is 14.0 Å². The Balaban J connectivity index is 1.83. The van der Waals surface area contributed by atoms with Gasteiger partial charge in [0.1, 0.15) is 5.82 Å². The SMILES string of the molecule is CN1C(=O)C[C@@H](NC(=O)c2ccncc2)[C@@H]1c1ccc(F)cc1. The summed E-state index contributed by atoms with van der Waals surface area (Å²) in [5, 5.41) is 2.90. The summed E-state index contributed by atoms with van der Waals surface area (Å²) in [4.78, 5) is 29.8. The Morgan fingerprint density at radius 1 is 1.22 bits per heavy atom. The van der Waals surface area contributed by atoms with Crippen LogP contribution in [0.2, 0.25) is 0 Å². The van der Waals surface area contributed by atoms with Crippen LogP contribution < -0.4 is 5.32 Å². The first-order chi connectivity index (χ1) is 11.1. The van der Waals surface area contributed by atoms with Gasteiger partial charge in [0.25, 0.3) is 5.91 Å². The van der Waals surface area contributed by atoms with Crippen molar-refractivity contribution in [2.75, 3.05) is 7.05 Å². The van der Waals surface area contributed by atoms with Gasteiger partial charge >= 0.3 is 0 Å². The van der Waals surface area contributed by atoms with Gasteiger partial charge in [-0.25, -0.2) is 4.39 Å². The minimum atomic E-state index is -0.362. The van der Waals surface area contributed by atoms with Crippen molar-refractivity contribution in [2.45, 2.75) is 18.5 Å². The number of nitrogens with zero attached hydrogens (tertiary/aromatic N) is 2. The molecule has 2 heterocycles. The minimum absolute atomic E-state index is 0.0562. The maximum atomic E-state index is 13.1. The number of amides is 2. The second-order valence-corrected chi connectivity index (χ2v) is 5.52. The standard InChI is InChI=1S/C17H16FN3O2/c1-21-15(22)10-14(16(21)11-2-4-13(18)5-3-11)20-17(23)12-6-8-19-9-7-12/h2-9,14,16H,10H2,1H3,(H,20,23)/t14-,16+/m1/s1. The van der Waals surface area contributed by atoms with Crippen molar-refractivity contribution < 1.29 is 14.0 Å². The number of carbonyl (C=O) groups excluding carboxylic acids is 2. The highest BCUT2D eigenvalue weighted by Gasteiger charge is 2.39. The molecule has 0 aliphatic carbocycles. The van der Waals surface area contributed by atoms with E-state index < -0.39 is 0 Å². The van der Waals surface area contributed by atoms with Crippen LogP contribution in [0.4, 0.5) is 4.39 Å². The summed E-state index contributed by atoms with van der Waals surface area (Å²) in [6, 6.07) is 8.54. The predicted octanol–water partition coefficient (Wildman–Crippen LogP) is 1.92. The van der Waals surface area contributed by atoms with Gasteiger partial charge < -0.3 is 10.2 Å². The van der Waals surface area contributed by atoms with E-state index >= 15 is 0 Å². The van der Waals surface area contributed by atoms with Gasteiger partial charge in [-0.1, -0.05) is 12.1 Å². The van der Waals surface area contributed by atoms with Gasteiger partial charge in [-0.2, -0.15) is 0 Å². The number of hydrogen-bond donors (Lipinski definition) is 1. The lowest BCUT2D eigenvalue weighted by atomic mass is 10.00. The maximum Gasteiger partial charge on any atom is 0.251 e. The molecule has 0 radical (unpaired) electrons. The van der Waals surface area contributed by atoms with Crippen LogP contribution in [0.1, 0.15) is 28.4 Å². The van der Waals surface area contributed by atoms with E-state index in [1.54, 1.807) is 36.2 Å². The largest absolute Gasteiger partial charge is 0.346 e. The zero-order valence-electron chi connectivity index (χ0n) is 12.6. The van der Waals surface area contributed by atoms with Crippen LogP contribution in [-0.2, 0) is 4.79 Å². The third kappa shape index (κ3) is 3.06. The monoisotopic (exact) mass is 313 g/mol. The molecule has 5 nitrogen and oxygen atoms in total. The first kappa shape index (κ1) is 15.1. The van der Waals surface area contributed by atoms with Gasteiger partial charge in [-0.15, -0.1) is 0 Å². The highest BCUT2D eigenvalue weighted by atomic mass is 19.1. The van der Waals surface area contributed by atoms with Gasteiger partial charge in [-0.05, 0) is 29.8 Å². The van der Waals surface area contributed by atoms with Crippen LogP contribution in [0, 0.1) is 5.82 Å². The zero-order valence-corrected chi connectivity index (χ0v) is 12.6. The highest BCUT2D eigenvalue weighted by molar-refractivity contribution is 5.95. The number of halogens is 1. The number of likely N-dealkylation sites (tertiary alicyclic amines) is 1. The van der Waals surface area contributed by atoms with E-state index in [4.69, 9.17) is 0 Å². The van der Waals surface area contributed by atoms with E-state index in [2.05, 4.69) is 10.3 Å². The minimum Gasteiger partial charge on any atom is -0.346 e. The number of benzene rings is 1. The third-order valence-electron chi connectivity index (χ3n) is 4.06. The molecule has 1 N–H and O–H groups in total. The Bertz CT molecular complexity index is 718. The molecular weight excluding hydrogens is 297 g/mol. The fourth-order valence-corrected chi connectivity index (χ4v) is 2.87. The molecular formula is C17H16FN3O2. The average molecular weight is 313 g/mol. The fraction of sp³-hybridized carbons (Fsp3) is 0.235. The van der Waals surface area contributed by atoms with Gasteiger partial charge in [0, 0.05) is 31.4 Å². The van der Waals surface area contributed by atoms with Crippen LogP contribution >= 0.6 is 0 Å². The smallest absolute Gasteiger partial charge is 0.251 e. The number of hydrogen-bond acceptors (Lipinski definition) is 3. The highest BCUT2D eigenvalue weighted by Crippen LogP contribution is 2.32. The number of aromatic nitrogens is 1. The van der Waals surface area contributed by atoms with Crippen LogP contribution in [0.25, 0.3) is 0 Å². The van der Waals surface area contributed by atoms with E-state index in [0.29, 0.717) is 5.56 Å². The second-order valence-electron chi connectivity index (χ2n) is 5.52. The second kappa shape index (κ2) is 6.16. The maximum absolute atomic E-state index is 13.1. The lowest BCUT2D eigenvalue weighted by Gasteiger charge is -2.26. The van der Waals surface area contributed by atoms with Gasteiger partial charge in [0.2, 0.25) is 5.91 Å². The lowest BCUT2D eigenvalue weighted by Crippen LogP contribution is -2.39. The Morgan fingerprint density at radius 2 is 1.87 bits per heavy atom. The number of pyridine rings is 1. The quantitative estimate of drug-likeness (QED) is 0.942. The van der Waals surface area contributed by atoms with Crippen molar-refractivity contribution in [1.82, 2.24) is 15.2 Å². The van der Waals surface area contributed by atoms with Crippen molar-refractivity contribution in [2.24, 2.45) is 0 Å². The van der Waals surface area contributed by atoms with Crippen LogP contribution in [0.15, 0.2) is 48.8 Å². The van der Waals surface area contributed by atoms with Gasteiger partial charge in [0.05, 0.1) is 12.1 Å². The van der Waals surface area contributed by atoms with Crippen LogP contribution in [-0.4, -0.2) is 34.8 Å². The molecule has 0 spiro atoms. The molecule has 6 heteroatoms. The molecule has 1 aliphatic rings. The first-order valence-electron chi connectivity index (χ1n) is 7.28. The zero-order chi connectivity index (χ0) is 16.4. The number of carbonyl (C=O) groups is 2. The number of rotatable bonds is 3. The Kier molecular flexibility index (Phi) is 4.06. The molecule has 0 unspecified atom stereocenters. The predicted molar refractivity (Wildman–Crippen MR) is 82.0 cm³/mol. The molecule has 2 amide bonds. The molecule has 2 atom stereocenters. The molecule has 1 saturated heterocycles. The third-order valence-corrected chi connectivity index (χ3v) is 4.06. The molecule has 1 aromatic carbocycles. The normalized spacial score (nSPS) is 20.6. The molecule has 0 bridgehead atoms. The fourth-order valence-electron chi connectivity index (χ4n) is 2.87. The summed E-state index contributed by atoms with van der Waals surface area (Å²) >= 11 is 0. The average Bonchev–Trinajstić information content (AvgIpc) is 2.83. The Hall–Kier alpha value is -2.76. The molecule has 1 aromatic heterocycles. The Labute approximate surface area is 133 Å². The molecule has 118 valence electrons. The summed E-state index contributed by atoms with van der Waals surface area (Å²) in [6.07, 6.45) is 3.30. The summed E-state index contributed by atoms with van der Waals surface area (Å²) in [6.45, 7) is 0. The molecule has 1 aliphatic heterocycles. The van der Waals surface area contributed by atoms with Crippen molar-refractivity contribution in [3.05, 3.63) is 65.7 Å². The van der Waals surface area contributed by atoms with Crippen LogP contribution in [0.3, 0.4) is 0 Å². The number of likely N-dealkylation sites (N-methyl/N-ethyl adjacent to an activating group) is 1. The summed E-state index contributed by atoms with van der Waals surface area (Å²) in [5.74, 6) is -0.648. The lowest BCUT2D eigenvalue weighted by molar-refractivity contribution is -0.127.